The lowest BCUT2D eigenvalue weighted by Gasteiger charge is -2.13. The van der Waals surface area contributed by atoms with Crippen molar-refractivity contribution in [1.82, 2.24) is 0 Å². The fourth-order valence-corrected chi connectivity index (χ4v) is 1.16. The van der Waals surface area contributed by atoms with Gasteiger partial charge in [0.15, 0.2) is 6.10 Å². The number of aliphatic carboxylic acids is 1. The summed E-state index contributed by atoms with van der Waals surface area (Å²) in [5.74, 6) is -1.04. The van der Waals surface area contributed by atoms with Crippen molar-refractivity contribution in [2.75, 3.05) is 0 Å². The Bertz CT molecular complexity index is 444. The van der Waals surface area contributed by atoms with Gasteiger partial charge in [-0.1, -0.05) is 0 Å². The van der Waals surface area contributed by atoms with Gasteiger partial charge in [0.05, 0.1) is 11.5 Å². The number of nitro benzene ring substituents is 1. The number of non-ortho nitro benzene ring substituents is 1. The second-order valence-corrected chi connectivity index (χ2v) is 3.31. The van der Waals surface area contributed by atoms with Gasteiger partial charge in [0.1, 0.15) is 5.75 Å². The van der Waals surface area contributed by atoms with E-state index >= 15 is 0 Å². The summed E-state index contributed by atoms with van der Waals surface area (Å²) in [6, 6.07) is 3.59. The number of rotatable bonds is 5. The Labute approximate surface area is 96.4 Å². The van der Waals surface area contributed by atoms with Crippen LogP contribution < -0.4 is 4.74 Å². The van der Waals surface area contributed by atoms with Crippen LogP contribution in [0.3, 0.4) is 0 Å². The summed E-state index contributed by atoms with van der Waals surface area (Å²) >= 11 is 0. The Kier molecular flexibility index (Phi) is 4.00. The van der Waals surface area contributed by atoms with Gasteiger partial charge in [-0.05, 0) is 13.0 Å². The van der Waals surface area contributed by atoms with E-state index in [2.05, 4.69) is 0 Å². The summed E-state index contributed by atoms with van der Waals surface area (Å²) in [6.07, 6.45) is -1.10. The maximum atomic E-state index is 10.6. The highest BCUT2D eigenvalue weighted by molar-refractivity contribution is 5.72. The lowest BCUT2D eigenvalue weighted by molar-refractivity contribution is -0.385. The summed E-state index contributed by atoms with van der Waals surface area (Å²) in [5.41, 5.74) is -0.0170. The number of benzene rings is 1. The van der Waals surface area contributed by atoms with E-state index in [0.29, 0.717) is 0 Å². The number of aliphatic hydroxyl groups excluding tert-OH is 1. The van der Waals surface area contributed by atoms with Crippen molar-refractivity contribution in [3.63, 3.8) is 0 Å². The standard InChI is InChI=1S/C10H11NO6/c1-6(10(13)14)17-9-3-2-8(11(15)16)4-7(9)5-12/h2-4,6,12H,5H2,1H3,(H,13,14). The first-order valence-corrected chi connectivity index (χ1v) is 4.73. The van der Waals surface area contributed by atoms with Crippen LogP contribution in [-0.4, -0.2) is 27.2 Å². The van der Waals surface area contributed by atoms with Crippen LogP contribution in [-0.2, 0) is 11.4 Å². The van der Waals surface area contributed by atoms with Crippen LogP contribution in [0.5, 0.6) is 5.75 Å². The molecule has 0 spiro atoms. The molecular formula is C10H11NO6. The molecule has 1 atom stereocenters. The zero-order chi connectivity index (χ0) is 13.0. The molecule has 1 rings (SSSR count). The number of carboxylic acid groups (broad SMARTS) is 1. The minimum Gasteiger partial charge on any atom is -0.479 e. The molecule has 0 bridgehead atoms. The Morgan fingerprint density at radius 1 is 1.59 bits per heavy atom. The molecule has 0 amide bonds. The zero-order valence-electron chi connectivity index (χ0n) is 8.99. The molecule has 0 aromatic heterocycles. The van der Waals surface area contributed by atoms with Crippen LogP contribution >= 0.6 is 0 Å². The van der Waals surface area contributed by atoms with Gasteiger partial charge < -0.3 is 14.9 Å². The predicted octanol–water partition coefficient (Wildman–Crippen LogP) is 0.939. The summed E-state index contributed by atoms with van der Waals surface area (Å²) in [7, 11) is 0. The summed E-state index contributed by atoms with van der Waals surface area (Å²) in [6.45, 7) is 0.855. The number of hydrogen-bond donors (Lipinski definition) is 2. The molecule has 0 radical (unpaired) electrons. The Morgan fingerprint density at radius 3 is 2.71 bits per heavy atom. The minimum atomic E-state index is -1.16. The van der Waals surface area contributed by atoms with Crippen LogP contribution in [0, 0.1) is 10.1 Å². The molecule has 1 aromatic carbocycles. The zero-order valence-corrected chi connectivity index (χ0v) is 8.99. The van der Waals surface area contributed by atoms with Crippen LogP contribution in [0.15, 0.2) is 18.2 Å². The SMILES string of the molecule is CC(Oc1ccc([N+](=O)[O-])cc1CO)C(=O)O. The molecule has 1 unspecified atom stereocenters. The summed E-state index contributed by atoms with van der Waals surface area (Å²) < 4.78 is 5.05. The van der Waals surface area contributed by atoms with Gasteiger partial charge >= 0.3 is 5.97 Å². The largest absolute Gasteiger partial charge is 0.479 e. The smallest absolute Gasteiger partial charge is 0.344 e. The van der Waals surface area contributed by atoms with E-state index in [1.54, 1.807) is 0 Å². The van der Waals surface area contributed by atoms with E-state index in [1.165, 1.54) is 19.1 Å². The third kappa shape index (κ3) is 3.15. The number of nitrogens with zero attached hydrogens (tertiary/aromatic N) is 1. The van der Waals surface area contributed by atoms with Gasteiger partial charge in [0.25, 0.3) is 5.69 Å². The highest BCUT2D eigenvalue weighted by Crippen LogP contribution is 2.25. The molecule has 0 aliphatic rings. The topological polar surface area (TPSA) is 110 Å². The van der Waals surface area contributed by atoms with E-state index in [-0.39, 0.29) is 17.0 Å². The molecule has 0 aliphatic carbocycles. The fourth-order valence-electron chi connectivity index (χ4n) is 1.16. The van der Waals surface area contributed by atoms with Crippen molar-refractivity contribution >= 4 is 11.7 Å². The first-order chi connectivity index (χ1) is 7.95. The first kappa shape index (κ1) is 12.9. The van der Waals surface area contributed by atoms with E-state index in [0.717, 1.165) is 6.07 Å². The van der Waals surface area contributed by atoms with E-state index in [1.807, 2.05) is 0 Å². The predicted molar refractivity (Wildman–Crippen MR) is 56.7 cm³/mol. The molecule has 0 heterocycles. The van der Waals surface area contributed by atoms with Gasteiger partial charge in [-0.2, -0.15) is 0 Å². The van der Waals surface area contributed by atoms with Crippen LogP contribution in [0.1, 0.15) is 12.5 Å². The average molecular weight is 241 g/mol. The highest BCUT2D eigenvalue weighted by Gasteiger charge is 2.16. The molecule has 0 saturated heterocycles. The second-order valence-electron chi connectivity index (χ2n) is 3.31. The van der Waals surface area contributed by atoms with Gasteiger partial charge in [0.2, 0.25) is 0 Å². The lowest BCUT2D eigenvalue weighted by atomic mass is 10.2. The van der Waals surface area contributed by atoms with Gasteiger partial charge in [-0.25, -0.2) is 4.79 Å². The molecule has 0 fully saturated rings. The van der Waals surface area contributed by atoms with E-state index < -0.39 is 23.6 Å². The van der Waals surface area contributed by atoms with Crippen LogP contribution in [0.4, 0.5) is 5.69 Å². The van der Waals surface area contributed by atoms with E-state index in [9.17, 15) is 14.9 Å². The lowest BCUT2D eigenvalue weighted by Crippen LogP contribution is -2.23. The van der Waals surface area contributed by atoms with E-state index in [4.69, 9.17) is 14.9 Å². The molecule has 17 heavy (non-hydrogen) atoms. The fraction of sp³-hybridized carbons (Fsp3) is 0.300. The number of ether oxygens (including phenoxy) is 1. The second kappa shape index (κ2) is 5.26. The quantitative estimate of drug-likeness (QED) is 0.586. The van der Waals surface area contributed by atoms with Crippen molar-refractivity contribution < 1.29 is 24.7 Å². The third-order valence-corrected chi connectivity index (χ3v) is 2.08. The van der Waals surface area contributed by atoms with Gasteiger partial charge in [-0.15, -0.1) is 0 Å². The Balaban J connectivity index is 3.00. The Morgan fingerprint density at radius 2 is 2.24 bits per heavy atom. The third-order valence-electron chi connectivity index (χ3n) is 2.08. The maximum Gasteiger partial charge on any atom is 0.344 e. The monoisotopic (exact) mass is 241 g/mol. The number of aliphatic hydroxyl groups is 1. The van der Waals surface area contributed by atoms with Crippen LogP contribution in [0.25, 0.3) is 0 Å². The Hall–Kier alpha value is -2.15. The molecule has 7 heteroatoms. The number of carbonyl (C=O) groups is 1. The van der Waals surface area contributed by atoms with Crippen molar-refractivity contribution in [3.8, 4) is 5.75 Å². The molecule has 7 nitrogen and oxygen atoms in total. The number of hydrogen-bond acceptors (Lipinski definition) is 5. The molecular weight excluding hydrogens is 230 g/mol. The molecule has 2 N–H and O–H groups in total. The molecule has 0 saturated carbocycles. The maximum absolute atomic E-state index is 10.6. The average Bonchev–Trinajstić information content (AvgIpc) is 2.28. The summed E-state index contributed by atoms with van der Waals surface area (Å²) in [4.78, 5) is 20.5. The molecule has 92 valence electrons. The minimum absolute atomic E-state index is 0.119. The van der Waals surface area contributed by atoms with Crippen molar-refractivity contribution in [2.45, 2.75) is 19.6 Å². The van der Waals surface area contributed by atoms with Crippen molar-refractivity contribution in [2.24, 2.45) is 0 Å². The van der Waals surface area contributed by atoms with Gasteiger partial charge in [-0.3, -0.25) is 10.1 Å². The first-order valence-electron chi connectivity index (χ1n) is 4.73. The number of nitro groups is 1. The molecule has 0 aliphatic heterocycles. The van der Waals surface area contributed by atoms with Crippen LogP contribution in [0.2, 0.25) is 0 Å². The van der Waals surface area contributed by atoms with Gasteiger partial charge in [0, 0.05) is 17.7 Å². The normalized spacial score (nSPS) is 11.9. The highest BCUT2D eigenvalue weighted by atomic mass is 16.6. The molecule has 1 aromatic rings. The van der Waals surface area contributed by atoms with Crippen molar-refractivity contribution in [1.29, 1.82) is 0 Å². The van der Waals surface area contributed by atoms with Crippen molar-refractivity contribution in [3.05, 3.63) is 33.9 Å². The summed E-state index contributed by atoms with van der Waals surface area (Å²) in [5, 5.41) is 28.2. The number of carboxylic acids is 1.